The quantitative estimate of drug-likeness (QED) is 0.168. The highest BCUT2D eigenvalue weighted by molar-refractivity contribution is 5.96. The van der Waals surface area contributed by atoms with Crippen LogP contribution in [0.3, 0.4) is 0 Å². The van der Waals surface area contributed by atoms with E-state index in [1.165, 1.54) is 89.0 Å². The average molecular weight is 800 g/mol. The van der Waals surface area contributed by atoms with Crippen molar-refractivity contribution in [2.75, 3.05) is 4.90 Å². The van der Waals surface area contributed by atoms with Gasteiger partial charge in [0.15, 0.2) is 0 Å². The van der Waals surface area contributed by atoms with Gasteiger partial charge in [-0.1, -0.05) is 218 Å². The molecule has 13 rings (SSSR count). The normalized spacial score (nSPS) is 14.0. The summed E-state index contributed by atoms with van der Waals surface area (Å²) in [5.74, 6) is 0. The smallest absolute Gasteiger partial charge is 0.0720 e. The van der Waals surface area contributed by atoms with Gasteiger partial charge in [0.25, 0.3) is 0 Å². The first-order valence-electron chi connectivity index (χ1n) is 22.0. The minimum Gasteiger partial charge on any atom is -0.310 e. The number of benzene rings is 10. The first-order chi connectivity index (χ1) is 31.3. The Labute approximate surface area is 368 Å². The molecule has 0 atom stereocenters. The largest absolute Gasteiger partial charge is 0.310 e. The third-order valence-electron chi connectivity index (χ3n) is 14.2. The van der Waals surface area contributed by atoms with Gasteiger partial charge in [0, 0.05) is 16.9 Å². The van der Waals surface area contributed by atoms with Crippen molar-refractivity contribution < 1.29 is 0 Å². The van der Waals surface area contributed by atoms with Crippen LogP contribution in [0, 0.1) is 0 Å². The molecular formula is C62H41N. The van der Waals surface area contributed by atoms with Crippen LogP contribution < -0.4 is 4.90 Å². The molecule has 0 aromatic heterocycles. The minimum absolute atomic E-state index is 0.484. The molecule has 3 aliphatic rings. The summed E-state index contributed by atoms with van der Waals surface area (Å²) in [4.78, 5) is 2.47. The number of fused-ring (bicyclic) bond motifs is 16. The van der Waals surface area contributed by atoms with E-state index in [1.54, 1.807) is 0 Å². The third kappa shape index (κ3) is 4.88. The molecule has 294 valence electrons. The zero-order chi connectivity index (χ0) is 41.5. The predicted octanol–water partition coefficient (Wildman–Crippen LogP) is 15.5. The molecule has 0 saturated carbocycles. The van der Waals surface area contributed by atoms with E-state index in [1.807, 2.05) is 0 Å². The average Bonchev–Trinajstić information content (AvgIpc) is 3.82. The monoisotopic (exact) mass is 799 g/mol. The molecule has 0 bridgehead atoms. The Hall–Kier alpha value is -8.00. The van der Waals surface area contributed by atoms with Crippen molar-refractivity contribution >= 4 is 17.1 Å². The van der Waals surface area contributed by atoms with Crippen molar-refractivity contribution in [3.05, 3.63) is 293 Å². The zero-order valence-electron chi connectivity index (χ0n) is 34.6. The van der Waals surface area contributed by atoms with Gasteiger partial charge in [-0.25, -0.2) is 0 Å². The topological polar surface area (TPSA) is 3.24 Å². The highest BCUT2D eigenvalue weighted by atomic mass is 15.1. The second-order valence-electron chi connectivity index (χ2n) is 17.1. The first-order valence-corrected chi connectivity index (χ1v) is 22.0. The number of hydrogen-bond donors (Lipinski definition) is 0. The van der Waals surface area contributed by atoms with E-state index in [9.17, 15) is 0 Å². The standard InChI is InChI=1S/C62H41N/c1-3-19-42(20-4-1)43-35-37-45(38-36-43)63(60-34-18-10-23-47(60)44-21-5-2-6-22-44)46-39-40-51-50-26-9-13-29-54(50)62(59(51)41-46)57-32-16-14-30-55(57)61(56-31-15-17-33-58(56)62)52-27-11-7-24-48(52)49-25-8-12-28-53(49)61/h1-41H. The number of rotatable bonds is 5. The van der Waals surface area contributed by atoms with Gasteiger partial charge in [-0.15, -0.1) is 0 Å². The van der Waals surface area contributed by atoms with Crippen LogP contribution in [-0.2, 0) is 10.8 Å². The molecule has 1 nitrogen and oxygen atoms in total. The first kappa shape index (κ1) is 35.7. The molecule has 0 fully saturated rings. The highest BCUT2D eigenvalue weighted by Gasteiger charge is 2.58. The Morgan fingerprint density at radius 1 is 0.222 bits per heavy atom. The summed E-state index contributed by atoms with van der Waals surface area (Å²) < 4.78 is 0. The molecule has 0 aliphatic heterocycles. The van der Waals surface area contributed by atoms with Crippen LogP contribution in [-0.4, -0.2) is 0 Å². The van der Waals surface area contributed by atoms with Crippen molar-refractivity contribution in [2.45, 2.75) is 10.8 Å². The maximum Gasteiger partial charge on any atom is 0.0720 e. The van der Waals surface area contributed by atoms with E-state index in [0.717, 1.165) is 17.1 Å². The van der Waals surface area contributed by atoms with Crippen molar-refractivity contribution in [1.29, 1.82) is 0 Å². The lowest BCUT2D eigenvalue weighted by molar-refractivity contribution is 0.633. The molecule has 2 spiro atoms. The Morgan fingerprint density at radius 2 is 0.571 bits per heavy atom. The van der Waals surface area contributed by atoms with Gasteiger partial charge >= 0.3 is 0 Å². The molecular weight excluding hydrogens is 759 g/mol. The fourth-order valence-electron chi connectivity index (χ4n) is 11.8. The summed E-state index contributed by atoms with van der Waals surface area (Å²) in [5.41, 5.74) is 22.9. The Bertz CT molecular complexity index is 3300. The van der Waals surface area contributed by atoms with E-state index < -0.39 is 10.8 Å². The molecule has 0 unspecified atom stereocenters. The summed E-state index contributed by atoms with van der Waals surface area (Å²) in [5, 5.41) is 0. The number of para-hydroxylation sites is 1. The highest BCUT2D eigenvalue weighted by Crippen LogP contribution is 2.67. The van der Waals surface area contributed by atoms with Gasteiger partial charge in [0.05, 0.1) is 16.5 Å². The van der Waals surface area contributed by atoms with Gasteiger partial charge in [-0.3, -0.25) is 0 Å². The van der Waals surface area contributed by atoms with Crippen molar-refractivity contribution in [1.82, 2.24) is 0 Å². The van der Waals surface area contributed by atoms with Crippen LogP contribution in [0.25, 0.3) is 44.5 Å². The maximum absolute atomic E-state index is 2.52. The summed E-state index contributed by atoms with van der Waals surface area (Å²) in [6, 6.07) is 92.8. The van der Waals surface area contributed by atoms with Crippen LogP contribution in [0.2, 0.25) is 0 Å². The Kier molecular flexibility index (Phi) is 7.80. The lowest BCUT2D eigenvalue weighted by Crippen LogP contribution is -2.43. The molecule has 0 radical (unpaired) electrons. The van der Waals surface area contributed by atoms with Crippen LogP contribution in [0.15, 0.2) is 249 Å². The van der Waals surface area contributed by atoms with E-state index in [-0.39, 0.29) is 0 Å². The van der Waals surface area contributed by atoms with Crippen LogP contribution >= 0.6 is 0 Å². The second-order valence-corrected chi connectivity index (χ2v) is 17.1. The molecule has 0 saturated heterocycles. The molecule has 63 heavy (non-hydrogen) atoms. The van der Waals surface area contributed by atoms with Crippen molar-refractivity contribution in [3.8, 4) is 44.5 Å². The van der Waals surface area contributed by atoms with Crippen LogP contribution in [0.5, 0.6) is 0 Å². The molecule has 3 aliphatic carbocycles. The molecule has 0 N–H and O–H groups in total. The second kappa shape index (κ2) is 13.8. The van der Waals surface area contributed by atoms with Gasteiger partial charge < -0.3 is 4.90 Å². The molecule has 10 aromatic rings. The Morgan fingerprint density at radius 3 is 1.08 bits per heavy atom. The summed E-state index contributed by atoms with van der Waals surface area (Å²) >= 11 is 0. The number of hydrogen-bond acceptors (Lipinski definition) is 1. The fraction of sp³-hybridized carbons (Fsp3) is 0.0323. The van der Waals surface area contributed by atoms with Gasteiger partial charge in [-0.2, -0.15) is 0 Å². The summed E-state index contributed by atoms with van der Waals surface area (Å²) in [6.07, 6.45) is 0. The summed E-state index contributed by atoms with van der Waals surface area (Å²) in [6.45, 7) is 0. The number of nitrogens with zero attached hydrogens (tertiary/aromatic N) is 1. The van der Waals surface area contributed by atoms with E-state index in [2.05, 4.69) is 254 Å². The zero-order valence-corrected chi connectivity index (χ0v) is 34.6. The van der Waals surface area contributed by atoms with Gasteiger partial charge in [-0.05, 0) is 114 Å². The van der Waals surface area contributed by atoms with Gasteiger partial charge in [0.1, 0.15) is 0 Å². The van der Waals surface area contributed by atoms with E-state index >= 15 is 0 Å². The minimum atomic E-state index is -0.589. The lowest BCUT2D eigenvalue weighted by atomic mass is 9.52. The lowest BCUT2D eigenvalue weighted by Gasteiger charge is -2.49. The maximum atomic E-state index is 2.52. The summed E-state index contributed by atoms with van der Waals surface area (Å²) in [7, 11) is 0. The SMILES string of the molecule is c1ccc(-c2ccc(N(c3ccc4c(c3)C3(c5ccccc5-4)c4ccccc4C4(c5ccccc5-c5ccccc54)c4ccccc43)c3ccccc3-c3ccccc3)cc2)cc1. The van der Waals surface area contributed by atoms with E-state index in [4.69, 9.17) is 0 Å². The van der Waals surface area contributed by atoms with Crippen molar-refractivity contribution in [2.24, 2.45) is 0 Å². The molecule has 1 heteroatoms. The van der Waals surface area contributed by atoms with Gasteiger partial charge in [0.2, 0.25) is 0 Å². The fourth-order valence-corrected chi connectivity index (χ4v) is 11.8. The Balaban J connectivity index is 1.10. The van der Waals surface area contributed by atoms with Crippen LogP contribution in [0.1, 0.15) is 44.5 Å². The van der Waals surface area contributed by atoms with Crippen molar-refractivity contribution in [3.63, 3.8) is 0 Å². The van der Waals surface area contributed by atoms with Crippen LogP contribution in [0.4, 0.5) is 17.1 Å². The molecule has 0 heterocycles. The molecule has 0 amide bonds. The molecule has 10 aromatic carbocycles. The third-order valence-corrected chi connectivity index (χ3v) is 14.2. The number of anilines is 3. The van der Waals surface area contributed by atoms with E-state index in [0.29, 0.717) is 0 Å². The predicted molar refractivity (Wildman–Crippen MR) is 260 cm³/mol.